The van der Waals surface area contributed by atoms with Crippen molar-refractivity contribution >= 4 is 0 Å². The summed E-state index contributed by atoms with van der Waals surface area (Å²) in [5.74, 6) is 0. The highest BCUT2D eigenvalue weighted by molar-refractivity contribution is 4.73. The van der Waals surface area contributed by atoms with Crippen LogP contribution in [0, 0.1) is 0 Å². The summed E-state index contributed by atoms with van der Waals surface area (Å²) in [4.78, 5) is 4.24. The smallest absolute Gasteiger partial charge is 0.0980 e. The van der Waals surface area contributed by atoms with Gasteiger partial charge in [-0.15, -0.1) is 0 Å². The van der Waals surface area contributed by atoms with Crippen LogP contribution in [0.2, 0.25) is 0 Å². The molecule has 11 heavy (non-hydrogen) atoms. The SMILES string of the molecule is C=COC1CCC(OO)CC1. The van der Waals surface area contributed by atoms with Crippen LogP contribution in [0.3, 0.4) is 0 Å². The van der Waals surface area contributed by atoms with Gasteiger partial charge in [-0.1, -0.05) is 6.58 Å². The van der Waals surface area contributed by atoms with Gasteiger partial charge in [0.05, 0.1) is 18.5 Å². The average molecular weight is 158 g/mol. The maximum absolute atomic E-state index is 8.35. The maximum atomic E-state index is 8.35. The van der Waals surface area contributed by atoms with Crippen molar-refractivity contribution in [2.45, 2.75) is 37.9 Å². The van der Waals surface area contributed by atoms with Gasteiger partial charge in [-0.2, -0.15) is 0 Å². The quantitative estimate of drug-likeness (QED) is 0.387. The van der Waals surface area contributed by atoms with E-state index in [0.29, 0.717) is 0 Å². The van der Waals surface area contributed by atoms with Crippen LogP contribution in [0.25, 0.3) is 0 Å². The first kappa shape index (κ1) is 8.56. The lowest BCUT2D eigenvalue weighted by molar-refractivity contribution is -0.286. The summed E-state index contributed by atoms with van der Waals surface area (Å²) >= 11 is 0. The second-order valence-corrected chi connectivity index (χ2v) is 2.81. The zero-order valence-electron chi connectivity index (χ0n) is 6.53. The van der Waals surface area contributed by atoms with E-state index in [9.17, 15) is 0 Å². The Hall–Kier alpha value is -0.540. The van der Waals surface area contributed by atoms with Crippen molar-refractivity contribution in [2.75, 3.05) is 0 Å². The molecule has 0 atom stereocenters. The van der Waals surface area contributed by atoms with E-state index < -0.39 is 0 Å². The van der Waals surface area contributed by atoms with E-state index in [1.54, 1.807) is 0 Å². The molecule has 0 aromatic heterocycles. The molecule has 3 nitrogen and oxygen atoms in total. The first-order valence-electron chi connectivity index (χ1n) is 3.93. The second-order valence-electron chi connectivity index (χ2n) is 2.81. The van der Waals surface area contributed by atoms with Gasteiger partial charge in [0.15, 0.2) is 0 Å². The lowest BCUT2D eigenvalue weighted by Crippen LogP contribution is -2.24. The first-order valence-corrected chi connectivity index (χ1v) is 3.93. The fraction of sp³-hybridized carbons (Fsp3) is 0.750. The minimum absolute atomic E-state index is 0.0136. The summed E-state index contributed by atoms with van der Waals surface area (Å²) in [6.45, 7) is 3.49. The highest BCUT2D eigenvalue weighted by atomic mass is 17.1. The largest absolute Gasteiger partial charge is 0.499 e. The van der Waals surface area contributed by atoms with Gasteiger partial charge in [0.25, 0.3) is 0 Å². The van der Waals surface area contributed by atoms with Gasteiger partial charge in [-0.25, -0.2) is 4.89 Å². The maximum Gasteiger partial charge on any atom is 0.0980 e. The lowest BCUT2D eigenvalue weighted by Gasteiger charge is -2.25. The molecule has 0 aliphatic heterocycles. The van der Waals surface area contributed by atoms with Crippen LogP contribution in [-0.2, 0) is 9.62 Å². The minimum atomic E-state index is 0.0136. The highest BCUT2D eigenvalue weighted by Crippen LogP contribution is 2.22. The second kappa shape index (κ2) is 4.36. The molecule has 1 saturated carbocycles. The van der Waals surface area contributed by atoms with E-state index in [0.717, 1.165) is 25.7 Å². The van der Waals surface area contributed by atoms with E-state index in [1.165, 1.54) is 6.26 Å². The fourth-order valence-corrected chi connectivity index (χ4v) is 1.41. The monoisotopic (exact) mass is 158 g/mol. The summed E-state index contributed by atoms with van der Waals surface area (Å²) in [5.41, 5.74) is 0. The average Bonchev–Trinajstić information content (AvgIpc) is 2.07. The van der Waals surface area contributed by atoms with E-state index in [-0.39, 0.29) is 12.2 Å². The molecule has 0 heterocycles. The Morgan fingerprint density at radius 2 is 1.73 bits per heavy atom. The third-order valence-corrected chi connectivity index (χ3v) is 2.06. The molecule has 1 fully saturated rings. The van der Waals surface area contributed by atoms with Crippen LogP contribution in [0.5, 0.6) is 0 Å². The molecule has 0 unspecified atom stereocenters. The summed E-state index contributed by atoms with van der Waals surface area (Å²) in [6, 6.07) is 0. The van der Waals surface area contributed by atoms with Crippen molar-refractivity contribution < 1.29 is 14.9 Å². The molecular weight excluding hydrogens is 144 g/mol. The standard InChI is InChI=1S/C8H14O3/c1-2-10-7-3-5-8(11-9)6-4-7/h2,7-9H,1,3-6H2. The van der Waals surface area contributed by atoms with Crippen LogP contribution in [0.1, 0.15) is 25.7 Å². The molecule has 0 aromatic carbocycles. The molecule has 0 saturated heterocycles. The van der Waals surface area contributed by atoms with Gasteiger partial charge < -0.3 is 4.74 Å². The predicted molar refractivity (Wildman–Crippen MR) is 41.0 cm³/mol. The third-order valence-electron chi connectivity index (χ3n) is 2.06. The van der Waals surface area contributed by atoms with Crippen LogP contribution in [-0.4, -0.2) is 17.5 Å². The zero-order valence-corrected chi connectivity index (χ0v) is 6.53. The van der Waals surface area contributed by atoms with Crippen molar-refractivity contribution in [3.05, 3.63) is 12.8 Å². The Morgan fingerprint density at radius 3 is 2.18 bits per heavy atom. The van der Waals surface area contributed by atoms with Crippen LogP contribution < -0.4 is 0 Å². The Labute approximate surface area is 66.5 Å². The van der Waals surface area contributed by atoms with Crippen LogP contribution in [0.4, 0.5) is 0 Å². The summed E-state index contributed by atoms with van der Waals surface area (Å²) in [6.07, 6.45) is 5.39. The van der Waals surface area contributed by atoms with Gasteiger partial charge in [0.2, 0.25) is 0 Å². The molecule has 1 aliphatic rings. The van der Waals surface area contributed by atoms with Crippen molar-refractivity contribution in [3.8, 4) is 0 Å². The molecule has 0 aromatic rings. The van der Waals surface area contributed by atoms with Gasteiger partial charge in [0, 0.05) is 0 Å². The Bertz CT molecular complexity index is 117. The normalized spacial score (nSPS) is 31.4. The van der Waals surface area contributed by atoms with Crippen LogP contribution in [0.15, 0.2) is 12.8 Å². The lowest BCUT2D eigenvalue weighted by atomic mass is 9.95. The molecule has 1 N–H and O–H groups in total. The third kappa shape index (κ3) is 2.52. The molecule has 0 spiro atoms. The molecule has 3 heteroatoms. The van der Waals surface area contributed by atoms with Crippen LogP contribution >= 0.6 is 0 Å². The van der Waals surface area contributed by atoms with Crippen molar-refractivity contribution in [2.24, 2.45) is 0 Å². The Morgan fingerprint density at radius 1 is 1.18 bits per heavy atom. The zero-order chi connectivity index (χ0) is 8.10. The van der Waals surface area contributed by atoms with Crippen molar-refractivity contribution in [1.29, 1.82) is 0 Å². The summed E-state index contributed by atoms with van der Waals surface area (Å²) < 4.78 is 5.20. The van der Waals surface area contributed by atoms with Crippen molar-refractivity contribution in [1.82, 2.24) is 0 Å². The van der Waals surface area contributed by atoms with E-state index in [2.05, 4.69) is 11.5 Å². The summed E-state index contributed by atoms with van der Waals surface area (Å²) in [5, 5.41) is 8.35. The first-order chi connectivity index (χ1) is 5.36. The molecule has 64 valence electrons. The number of hydrogen-bond acceptors (Lipinski definition) is 3. The van der Waals surface area contributed by atoms with E-state index in [4.69, 9.17) is 9.99 Å². The fourth-order valence-electron chi connectivity index (χ4n) is 1.41. The highest BCUT2D eigenvalue weighted by Gasteiger charge is 2.21. The summed E-state index contributed by atoms with van der Waals surface area (Å²) in [7, 11) is 0. The molecule has 0 amide bonds. The van der Waals surface area contributed by atoms with Gasteiger partial charge in [-0.05, 0) is 25.7 Å². The van der Waals surface area contributed by atoms with E-state index in [1.807, 2.05) is 0 Å². The molecule has 0 radical (unpaired) electrons. The van der Waals surface area contributed by atoms with Gasteiger partial charge >= 0.3 is 0 Å². The number of hydrogen-bond donors (Lipinski definition) is 1. The van der Waals surface area contributed by atoms with E-state index >= 15 is 0 Å². The predicted octanol–water partition coefficient (Wildman–Crippen LogP) is 1.95. The van der Waals surface area contributed by atoms with Gasteiger partial charge in [-0.3, -0.25) is 5.26 Å². The Kier molecular flexibility index (Phi) is 3.39. The Balaban J connectivity index is 2.18. The van der Waals surface area contributed by atoms with Gasteiger partial charge in [0.1, 0.15) is 0 Å². The molecule has 0 bridgehead atoms. The topological polar surface area (TPSA) is 38.7 Å². The molecular formula is C8H14O3. The molecule has 1 aliphatic carbocycles. The number of rotatable bonds is 3. The molecule has 1 rings (SSSR count). The van der Waals surface area contributed by atoms with Crippen molar-refractivity contribution in [3.63, 3.8) is 0 Å². The minimum Gasteiger partial charge on any atom is -0.499 e. The number of ether oxygens (including phenoxy) is 1.